The summed E-state index contributed by atoms with van der Waals surface area (Å²) >= 11 is 0. The highest BCUT2D eigenvalue weighted by Crippen LogP contribution is 1.99. The van der Waals surface area contributed by atoms with Crippen molar-refractivity contribution in [1.82, 2.24) is 5.32 Å². The molecular formula is C10H17NO2. The van der Waals surface area contributed by atoms with Crippen LogP contribution in [0.15, 0.2) is 22.8 Å². The Morgan fingerprint density at radius 1 is 1.31 bits per heavy atom. The van der Waals surface area contributed by atoms with Crippen molar-refractivity contribution in [3.8, 4) is 0 Å². The first-order valence-corrected chi connectivity index (χ1v) is 4.77. The quantitative estimate of drug-likeness (QED) is 0.630. The summed E-state index contributed by atoms with van der Waals surface area (Å²) in [7, 11) is 0. The van der Waals surface area contributed by atoms with Gasteiger partial charge >= 0.3 is 0 Å². The third kappa shape index (κ3) is 4.70. The SMILES string of the molecule is OCCCCCNCc1ccco1. The van der Waals surface area contributed by atoms with Crippen molar-refractivity contribution < 1.29 is 9.52 Å². The third-order valence-electron chi connectivity index (χ3n) is 1.89. The van der Waals surface area contributed by atoms with E-state index in [-0.39, 0.29) is 0 Å². The maximum atomic E-state index is 8.54. The van der Waals surface area contributed by atoms with Crippen LogP contribution in [-0.4, -0.2) is 18.3 Å². The Labute approximate surface area is 78.8 Å². The average molecular weight is 183 g/mol. The van der Waals surface area contributed by atoms with Gasteiger partial charge in [0.15, 0.2) is 0 Å². The molecule has 0 radical (unpaired) electrons. The minimum absolute atomic E-state index is 0.304. The van der Waals surface area contributed by atoms with Crippen LogP contribution in [0.5, 0.6) is 0 Å². The lowest BCUT2D eigenvalue weighted by atomic mass is 10.2. The van der Waals surface area contributed by atoms with Crippen LogP contribution < -0.4 is 5.32 Å². The molecule has 0 bridgehead atoms. The Bertz CT molecular complexity index is 197. The van der Waals surface area contributed by atoms with Gasteiger partial charge in [-0.05, 0) is 37.9 Å². The topological polar surface area (TPSA) is 45.4 Å². The van der Waals surface area contributed by atoms with Gasteiger partial charge in [0.05, 0.1) is 12.8 Å². The van der Waals surface area contributed by atoms with E-state index in [1.807, 2.05) is 12.1 Å². The predicted molar refractivity (Wildman–Crippen MR) is 51.4 cm³/mol. The van der Waals surface area contributed by atoms with Crippen molar-refractivity contribution in [2.45, 2.75) is 25.8 Å². The monoisotopic (exact) mass is 183 g/mol. The number of aliphatic hydroxyl groups excluding tert-OH is 1. The normalized spacial score (nSPS) is 10.5. The van der Waals surface area contributed by atoms with E-state index in [0.29, 0.717) is 6.61 Å². The van der Waals surface area contributed by atoms with Gasteiger partial charge in [-0.2, -0.15) is 0 Å². The number of aliphatic hydroxyl groups is 1. The van der Waals surface area contributed by atoms with Crippen molar-refractivity contribution >= 4 is 0 Å². The number of unbranched alkanes of at least 4 members (excludes halogenated alkanes) is 2. The molecule has 13 heavy (non-hydrogen) atoms. The summed E-state index contributed by atoms with van der Waals surface area (Å²) < 4.78 is 5.16. The smallest absolute Gasteiger partial charge is 0.117 e. The largest absolute Gasteiger partial charge is 0.468 e. The molecule has 0 atom stereocenters. The maximum absolute atomic E-state index is 8.54. The summed E-state index contributed by atoms with van der Waals surface area (Å²) in [6.45, 7) is 2.09. The molecule has 0 aromatic carbocycles. The fourth-order valence-electron chi connectivity index (χ4n) is 1.16. The van der Waals surface area contributed by atoms with E-state index in [1.54, 1.807) is 6.26 Å². The number of furan rings is 1. The van der Waals surface area contributed by atoms with Crippen molar-refractivity contribution in [3.63, 3.8) is 0 Å². The molecule has 0 spiro atoms. The third-order valence-corrected chi connectivity index (χ3v) is 1.89. The molecule has 3 heteroatoms. The Balaban J connectivity index is 1.90. The Morgan fingerprint density at radius 2 is 2.23 bits per heavy atom. The summed E-state index contributed by atoms with van der Waals surface area (Å²) in [5.41, 5.74) is 0. The number of hydrogen-bond acceptors (Lipinski definition) is 3. The minimum atomic E-state index is 0.304. The summed E-state index contributed by atoms with van der Waals surface area (Å²) in [6, 6.07) is 3.85. The molecule has 1 aromatic heterocycles. The molecule has 1 heterocycles. The molecule has 0 unspecified atom stereocenters. The molecule has 0 aliphatic heterocycles. The number of nitrogens with one attached hydrogen (secondary N) is 1. The second kappa shape index (κ2) is 6.69. The second-order valence-corrected chi connectivity index (χ2v) is 3.04. The van der Waals surface area contributed by atoms with E-state index in [9.17, 15) is 0 Å². The standard InChI is InChI=1S/C10H17NO2/c12-7-3-1-2-6-11-9-10-5-4-8-13-10/h4-5,8,11-12H,1-3,6-7,9H2. The van der Waals surface area contributed by atoms with Gasteiger partial charge in [-0.25, -0.2) is 0 Å². The molecule has 74 valence electrons. The fourth-order valence-corrected chi connectivity index (χ4v) is 1.16. The van der Waals surface area contributed by atoms with Crippen LogP contribution in [0.25, 0.3) is 0 Å². The molecule has 3 nitrogen and oxygen atoms in total. The number of rotatable bonds is 7. The predicted octanol–water partition coefficient (Wildman–Crippen LogP) is 1.53. The van der Waals surface area contributed by atoms with E-state index in [4.69, 9.17) is 9.52 Å². The molecule has 1 rings (SSSR count). The van der Waals surface area contributed by atoms with Crippen LogP contribution in [-0.2, 0) is 6.54 Å². The van der Waals surface area contributed by atoms with E-state index in [1.165, 1.54) is 0 Å². The molecular weight excluding hydrogens is 166 g/mol. The van der Waals surface area contributed by atoms with Crippen LogP contribution >= 0.6 is 0 Å². The lowest BCUT2D eigenvalue weighted by molar-refractivity contribution is 0.282. The summed E-state index contributed by atoms with van der Waals surface area (Å²) in [5.74, 6) is 0.974. The van der Waals surface area contributed by atoms with Gasteiger partial charge in [-0.1, -0.05) is 0 Å². The molecule has 0 saturated heterocycles. The first-order valence-electron chi connectivity index (χ1n) is 4.77. The van der Waals surface area contributed by atoms with Gasteiger partial charge in [-0.3, -0.25) is 0 Å². The van der Waals surface area contributed by atoms with Crippen LogP contribution in [0, 0.1) is 0 Å². The van der Waals surface area contributed by atoms with Crippen LogP contribution in [0.3, 0.4) is 0 Å². The number of hydrogen-bond donors (Lipinski definition) is 2. The van der Waals surface area contributed by atoms with Crippen molar-refractivity contribution in [2.75, 3.05) is 13.2 Å². The van der Waals surface area contributed by atoms with Crippen LogP contribution in [0.2, 0.25) is 0 Å². The molecule has 2 N–H and O–H groups in total. The van der Waals surface area contributed by atoms with E-state index >= 15 is 0 Å². The Kier molecular flexibility index (Phi) is 5.29. The van der Waals surface area contributed by atoms with E-state index in [0.717, 1.165) is 38.1 Å². The van der Waals surface area contributed by atoms with E-state index in [2.05, 4.69) is 5.32 Å². The highest BCUT2D eigenvalue weighted by Gasteiger charge is 1.93. The summed E-state index contributed by atoms with van der Waals surface area (Å²) in [5, 5.41) is 11.8. The van der Waals surface area contributed by atoms with Gasteiger partial charge in [-0.15, -0.1) is 0 Å². The molecule has 0 fully saturated rings. The molecule has 0 saturated carbocycles. The molecule has 1 aromatic rings. The summed E-state index contributed by atoms with van der Waals surface area (Å²) in [4.78, 5) is 0. The first-order chi connectivity index (χ1) is 6.43. The minimum Gasteiger partial charge on any atom is -0.468 e. The van der Waals surface area contributed by atoms with Crippen molar-refractivity contribution in [2.24, 2.45) is 0 Å². The zero-order valence-electron chi connectivity index (χ0n) is 7.83. The highest BCUT2D eigenvalue weighted by atomic mass is 16.3. The highest BCUT2D eigenvalue weighted by molar-refractivity contribution is 4.97. The first kappa shape index (κ1) is 10.3. The Hall–Kier alpha value is -0.800. The van der Waals surface area contributed by atoms with Gasteiger partial charge in [0, 0.05) is 6.61 Å². The average Bonchev–Trinajstić information content (AvgIpc) is 2.63. The van der Waals surface area contributed by atoms with E-state index < -0.39 is 0 Å². The lowest BCUT2D eigenvalue weighted by Crippen LogP contribution is -2.14. The van der Waals surface area contributed by atoms with Crippen molar-refractivity contribution in [3.05, 3.63) is 24.2 Å². The molecule has 0 aliphatic carbocycles. The van der Waals surface area contributed by atoms with Gasteiger partial charge in [0.1, 0.15) is 5.76 Å². The Morgan fingerprint density at radius 3 is 2.92 bits per heavy atom. The van der Waals surface area contributed by atoms with Crippen LogP contribution in [0.1, 0.15) is 25.0 Å². The fraction of sp³-hybridized carbons (Fsp3) is 0.600. The zero-order chi connectivity index (χ0) is 9.36. The summed E-state index contributed by atoms with van der Waals surface area (Å²) in [6.07, 6.45) is 4.79. The maximum Gasteiger partial charge on any atom is 0.117 e. The zero-order valence-corrected chi connectivity index (χ0v) is 7.83. The second-order valence-electron chi connectivity index (χ2n) is 3.04. The van der Waals surface area contributed by atoms with Gasteiger partial charge in [0.2, 0.25) is 0 Å². The van der Waals surface area contributed by atoms with Crippen LogP contribution in [0.4, 0.5) is 0 Å². The van der Waals surface area contributed by atoms with Gasteiger partial charge < -0.3 is 14.8 Å². The van der Waals surface area contributed by atoms with Gasteiger partial charge in [0.25, 0.3) is 0 Å². The molecule has 0 aliphatic rings. The lowest BCUT2D eigenvalue weighted by Gasteiger charge is -2.01. The van der Waals surface area contributed by atoms with Crippen molar-refractivity contribution in [1.29, 1.82) is 0 Å². The molecule has 0 amide bonds.